The molecule has 0 fully saturated rings. The molecular weight excluding hydrogens is 194 g/mol. The monoisotopic (exact) mass is 201 g/mol. The fourth-order valence-electron chi connectivity index (χ4n) is 1.59. The van der Waals surface area contributed by atoms with Gasteiger partial charge in [0.05, 0.1) is 11.7 Å². The van der Waals surface area contributed by atoms with Gasteiger partial charge in [-0.05, 0) is 6.07 Å². The Hall–Kier alpha value is -2.37. The average molecular weight is 201 g/mol. The highest BCUT2D eigenvalue weighted by Crippen LogP contribution is 2.20. The van der Waals surface area contributed by atoms with Crippen molar-refractivity contribution in [1.82, 2.24) is 19.9 Å². The SMILES string of the molecule is NC(=O)c1nc2c(cnc3[nH]ccc32)[nH]1. The van der Waals surface area contributed by atoms with E-state index in [0.29, 0.717) is 11.0 Å². The summed E-state index contributed by atoms with van der Waals surface area (Å²) >= 11 is 0. The van der Waals surface area contributed by atoms with Gasteiger partial charge in [-0.1, -0.05) is 0 Å². The average Bonchev–Trinajstić information content (AvgIpc) is 2.82. The topological polar surface area (TPSA) is 100 Å². The molecular formula is C9H7N5O. The van der Waals surface area contributed by atoms with Crippen LogP contribution in [0.3, 0.4) is 0 Å². The Bertz CT molecular complexity index is 665. The molecule has 0 aliphatic rings. The Balaban J connectivity index is 2.46. The summed E-state index contributed by atoms with van der Waals surface area (Å²) in [5, 5.41) is 0.872. The predicted molar refractivity (Wildman–Crippen MR) is 54.3 cm³/mol. The number of pyridine rings is 1. The molecule has 0 spiro atoms. The molecule has 74 valence electrons. The third-order valence-corrected chi connectivity index (χ3v) is 2.27. The summed E-state index contributed by atoms with van der Waals surface area (Å²) in [5.41, 5.74) is 7.29. The molecule has 15 heavy (non-hydrogen) atoms. The van der Waals surface area contributed by atoms with Gasteiger partial charge in [-0.25, -0.2) is 9.97 Å². The van der Waals surface area contributed by atoms with Gasteiger partial charge < -0.3 is 15.7 Å². The van der Waals surface area contributed by atoms with E-state index in [2.05, 4.69) is 19.9 Å². The number of amides is 1. The van der Waals surface area contributed by atoms with Crippen LogP contribution in [0.1, 0.15) is 10.6 Å². The molecule has 0 aromatic carbocycles. The van der Waals surface area contributed by atoms with E-state index in [4.69, 9.17) is 5.73 Å². The highest BCUT2D eigenvalue weighted by atomic mass is 16.1. The molecule has 0 aliphatic carbocycles. The van der Waals surface area contributed by atoms with Crippen LogP contribution in [0.15, 0.2) is 18.5 Å². The first-order valence-corrected chi connectivity index (χ1v) is 4.37. The number of carbonyl (C=O) groups excluding carboxylic acids is 1. The van der Waals surface area contributed by atoms with E-state index in [0.717, 1.165) is 11.0 Å². The van der Waals surface area contributed by atoms with Gasteiger partial charge in [0.15, 0.2) is 5.82 Å². The lowest BCUT2D eigenvalue weighted by molar-refractivity contribution is 0.0991. The summed E-state index contributed by atoms with van der Waals surface area (Å²) in [4.78, 5) is 25.0. The second-order valence-electron chi connectivity index (χ2n) is 3.21. The van der Waals surface area contributed by atoms with Gasteiger partial charge in [-0.15, -0.1) is 0 Å². The van der Waals surface area contributed by atoms with Gasteiger partial charge in [-0.2, -0.15) is 0 Å². The lowest BCUT2D eigenvalue weighted by Crippen LogP contribution is -2.12. The fraction of sp³-hybridized carbons (Fsp3) is 0. The zero-order chi connectivity index (χ0) is 10.4. The van der Waals surface area contributed by atoms with Crippen LogP contribution in [0.5, 0.6) is 0 Å². The van der Waals surface area contributed by atoms with Crippen molar-refractivity contribution in [1.29, 1.82) is 0 Å². The van der Waals surface area contributed by atoms with Gasteiger partial charge in [0.2, 0.25) is 0 Å². The van der Waals surface area contributed by atoms with Gasteiger partial charge in [-0.3, -0.25) is 4.79 Å². The summed E-state index contributed by atoms with van der Waals surface area (Å²) in [7, 11) is 0. The number of primary amides is 1. The second kappa shape index (κ2) is 2.57. The molecule has 6 heteroatoms. The van der Waals surface area contributed by atoms with E-state index in [1.54, 1.807) is 12.4 Å². The number of hydrogen-bond donors (Lipinski definition) is 3. The Kier molecular flexibility index (Phi) is 1.37. The number of carbonyl (C=O) groups is 1. The van der Waals surface area contributed by atoms with Crippen LogP contribution in [0.2, 0.25) is 0 Å². The zero-order valence-electron chi connectivity index (χ0n) is 7.61. The van der Waals surface area contributed by atoms with Gasteiger partial charge in [0.25, 0.3) is 5.91 Å². The normalized spacial score (nSPS) is 11.2. The van der Waals surface area contributed by atoms with Crippen LogP contribution in [0, 0.1) is 0 Å². The van der Waals surface area contributed by atoms with Crippen molar-refractivity contribution in [2.45, 2.75) is 0 Å². The third kappa shape index (κ3) is 1.01. The third-order valence-electron chi connectivity index (χ3n) is 2.27. The van der Waals surface area contributed by atoms with Crippen molar-refractivity contribution < 1.29 is 4.79 Å². The number of fused-ring (bicyclic) bond motifs is 3. The standard InChI is InChI=1S/C9H7N5O/c10-7(15)9-13-5-3-12-8-4(1-2-11-8)6(5)14-9/h1-3H,(H2,10,15)(H,11,12)(H,13,14). The van der Waals surface area contributed by atoms with Crippen molar-refractivity contribution in [2.75, 3.05) is 0 Å². The van der Waals surface area contributed by atoms with Crippen LogP contribution >= 0.6 is 0 Å². The molecule has 3 aromatic rings. The fourth-order valence-corrected chi connectivity index (χ4v) is 1.59. The lowest BCUT2D eigenvalue weighted by Gasteiger charge is -1.88. The zero-order valence-corrected chi connectivity index (χ0v) is 7.61. The van der Waals surface area contributed by atoms with Crippen molar-refractivity contribution >= 4 is 28.0 Å². The number of aromatic amines is 2. The van der Waals surface area contributed by atoms with Gasteiger partial charge >= 0.3 is 0 Å². The lowest BCUT2D eigenvalue weighted by atomic mass is 10.3. The van der Waals surface area contributed by atoms with Crippen LogP contribution in [0.4, 0.5) is 0 Å². The second-order valence-corrected chi connectivity index (χ2v) is 3.21. The van der Waals surface area contributed by atoms with E-state index >= 15 is 0 Å². The minimum atomic E-state index is -0.574. The maximum Gasteiger partial charge on any atom is 0.284 e. The first-order valence-electron chi connectivity index (χ1n) is 4.37. The van der Waals surface area contributed by atoms with Crippen LogP contribution in [0.25, 0.3) is 22.1 Å². The van der Waals surface area contributed by atoms with Crippen molar-refractivity contribution in [3.63, 3.8) is 0 Å². The number of hydrogen-bond acceptors (Lipinski definition) is 3. The quantitative estimate of drug-likeness (QED) is 0.535. The van der Waals surface area contributed by atoms with Crippen molar-refractivity contribution in [2.24, 2.45) is 5.73 Å². The number of H-pyrrole nitrogens is 2. The first-order chi connectivity index (χ1) is 7.25. The molecule has 0 unspecified atom stereocenters. The van der Waals surface area contributed by atoms with E-state index in [1.165, 1.54) is 0 Å². The molecule has 4 N–H and O–H groups in total. The van der Waals surface area contributed by atoms with Crippen LogP contribution in [-0.2, 0) is 0 Å². The van der Waals surface area contributed by atoms with E-state index < -0.39 is 5.91 Å². The number of imidazole rings is 1. The largest absolute Gasteiger partial charge is 0.363 e. The molecule has 0 bridgehead atoms. The molecule has 3 aromatic heterocycles. The van der Waals surface area contributed by atoms with E-state index in [-0.39, 0.29) is 5.82 Å². The molecule has 0 atom stereocenters. The maximum atomic E-state index is 10.9. The smallest absolute Gasteiger partial charge is 0.284 e. The highest BCUT2D eigenvalue weighted by Gasteiger charge is 2.10. The number of rotatable bonds is 1. The van der Waals surface area contributed by atoms with Crippen molar-refractivity contribution in [3.8, 4) is 0 Å². The summed E-state index contributed by atoms with van der Waals surface area (Å²) in [6.07, 6.45) is 3.39. The Morgan fingerprint density at radius 2 is 2.33 bits per heavy atom. The van der Waals surface area contributed by atoms with E-state index in [1.807, 2.05) is 6.07 Å². The molecule has 3 rings (SSSR count). The van der Waals surface area contributed by atoms with Crippen LogP contribution in [-0.4, -0.2) is 25.8 Å². The first kappa shape index (κ1) is 7.98. The number of nitrogens with one attached hydrogen (secondary N) is 2. The highest BCUT2D eigenvalue weighted by molar-refractivity contribution is 6.03. The molecule has 0 saturated carbocycles. The Labute approximate surface area is 83.5 Å². The van der Waals surface area contributed by atoms with Gasteiger partial charge in [0.1, 0.15) is 11.2 Å². The summed E-state index contributed by atoms with van der Waals surface area (Å²) in [6, 6.07) is 1.86. The molecule has 0 saturated heterocycles. The number of aromatic nitrogens is 4. The minimum Gasteiger partial charge on any atom is -0.363 e. The Morgan fingerprint density at radius 1 is 1.47 bits per heavy atom. The summed E-state index contributed by atoms with van der Waals surface area (Å²) in [5.74, 6) is -0.421. The number of nitrogens with two attached hydrogens (primary N) is 1. The predicted octanol–water partition coefficient (Wildman–Crippen LogP) is 0.538. The molecule has 0 aliphatic heterocycles. The Morgan fingerprint density at radius 3 is 3.13 bits per heavy atom. The summed E-state index contributed by atoms with van der Waals surface area (Å²) < 4.78 is 0. The molecule has 6 nitrogen and oxygen atoms in total. The molecule has 3 heterocycles. The van der Waals surface area contributed by atoms with Gasteiger partial charge in [0, 0.05) is 11.6 Å². The van der Waals surface area contributed by atoms with Crippen molar-refractivity contribution in [3.05, 3.63) is 24.3 Å². The maximum absolute atomic E-state index is 10.9. The molecule has 1 amide bonds. The number of nitrogens with zero attached hydrogens (tertiary/aromatic N) is 2. The van der Waals surface area contributed by atoms with Crippen LogP contribution < -0.4 is 5.73 Å². The minimum absolute atomic E-state index is 0.153. The summed E-state index contributed by atoms with van der Waals surface area (Å²) in [6.45, 7) is 0. The molecule has 0 radical (unpaired) electrons. The van der Waals surface area contributed by atoms with E-state index in [9.17, 15) is 4.79 Å².